The van der Waals surface area contributed by atoms with Crippen LogP contribution in [-0.2, 0) is 23.9 Å². The van der Waals surface area contributed by atoms with Crippen molar-refractivity contribution in [3.8, 4) is 0 Å². The molecule has 2 aliphatic rings. The number of aliphatic hydroxyl groups is 1. The zero-order valence-electron chi connectivity index (χ0n) is 24.6. The van der Waals surface area contributed by atoms with Crippen molar-refractivity contribution >= 4 is 41.2 Å². The molecule has 2 heterocycles. The highest BCUT2D eigenvalue weighted by atomic mass is 32.2. The van der Waals surface area contributed by atoms with E-state index in [1.165, 1.54) is 16.7 Å². The fourth-order valence-electron chi connectivity index (χ4n) is 5.15. The zero-order valence-corrected chi connectivity index (χ0v) is 25.5. The number of nitrogens with zero attached hydrogens (tertiary/aromatic N) is 1. The molecule has 10 nitrogen and oxygen atoms in total. The summed E-state index contributed by atoms with van der Waals surface area (Å²) in [4.78, 5) is 53.6. The van der Waals surface area contributed by atoms with Gasteiger partial charge in [0.05, 0.1) is 18.2 Å². The van der Waals surface area contributed by atoms with Crippen molar-refractivity contribution in [2.45, 2.75) is 56.0 Å². The van der Waals surface area contributed by atoms with Crippen LogP contribution in [0.2, 0.25) is 0 Å². The second-order valence-electron chi connectivity index (χ2n) is 11.6. The number of carbonyl (C=O) groups excluding carboxylic acids is 4. The normalized spacial score (nSPS) is 21.1. The first-order valence-corrected chi connectivity index (χ1v) is 15.4. The molecule has 2 unspecified atom stereocenters. The molecule has 3 aromatic rings. The standard InChI is InChI=1S/C33H35N3O7S/c1-33(2,3)43-31(40)22-16-10-11-17-23(22)34-18-25(38)35-26-29(39)36-27(24(37)19-44-30(26)36)32(41)42-28(20-12-6-4-7-13-20)21-14-8-5-9-15-21/h4-17,24,26-28,30,34,37H,18-19H2,1-3H3,(H,35,38)/t24?,26-,27?,30-/m1/s1. The van der Waals surface area contributed by atoms with Crippen LogP contribution in [0.5, 0.6) is 0 Å². The number of hydrogen-bond donors (Lipinski definition) is 3. The predicted molar refractivity (Wildman–Crippen MR) is 166 cm³/mol. The van der Waals surface area contributed by atoms with E-state index in [-0.39, 0.29) is 17.9 Å². The molecule has 2 fully saturated rings. The highest BCUT2D eigenvalue weighted by Crippen LogP contribution is 2.39. The van der Waals surface area contributed by atoms with Crippen LogP contribution in [-0.4, -0.2) is 75.2 Å². The maximum Gasteiger partial charge on any atom is 0.340 e. The van der Waals surface area contributed by atoms with E-state index < -0.39 is 59.0 Å². The first kappa shape index (κ1) is 31.1. The minimum Gasteiger partial charge on any atom is -0.456 e. The van der Waals surface area contributed by atoms with Crippen LogP contribution in [0.25, 0.3) is 0 Å². The smallest absolute Gasteiger partial charge is 0.340 e. The number of hydrogen-bond acceptors (Lipinski definition) is 9. The molecule has 0 aliphatic carbocycles. The van der Waals surface area contributed by atoms with Crippen LogP contribution in [0, 0.1) is 0 Å². The highest BCUT2D eigenvalue weighted by molar-refractivity contribution is 8.00. The molecule has 4 atom stereocenters. The van der Waals surface area contributed by atoms with Crippen LogP contribution in [0.4, 0.5) is 5.69 Å². The third-order valence-electron chi connectivity index (χ3n) is 7.16. The van der Waals surface area contributed by atoms with E-state index in [9.17, 15) is 24.3 Å². The SMILES string of the molecule is CC(C)(C)OC(=O)c1ccccc1NCC(=O)N[C@@H]1C(=O)N2C(C(=O)OC(c3ccccc3)c3ccccc3)C(O)CS[C@H]12. The quantitative estimate of drug-likeness (QED) is 0.244. The Kier molecular flexibility index (Phi) is 9.26. The number of ether oxygens (including phenoxy) is 2. The number of para-hydroxylation sites is 1. The summed E-state index contributed by atoms with van der Waals surface area (Å²) in [6, 6.07) is 23.1. The Balaban J connectivity index is 1.23. The summed E-state index contributed by atoms with van der Waals surface area (Å²) in [5, 5.41) is 15.9. The zero-order chi connectivity index (χ0) is 31.4. The van der Waals surface area contributed by atoms with Gasteiger partial charge in [-0.05, 0) is 44.0 Å². The molecule has 0 spiro atoms. The van der Waals surface area contributed by atoms with Crippen LogP contribution < -0.4 is 10.6 Å². The van der Waals surface area contributed by atoms with Crippen LogP contribution in [0.3, 0.4) is 0 Å². The van der Waals surface area contributed by atoms with Crippen LogP contribution in [0.15, 0.2) is 84.9 Å². The summed E-state index contributed by atoms with van der Waals surface area (Å²) in [7, 11) is 0. The minimum atomic E-state index is -1.21. The molecule has 0 radical (unpaired) electrons. The lowest BCUT2D eigenvalue weighted by molar-refractivity contribution is -0.173. The van der Waals surface area contributed by atoms with Crippen molar-refractivity contribution in [3.63, 3.8) is 0 Å². The van der Waals surface area contributed by atoms with Gasteiger partial charge in [-0.15, -0.1) is 11.8 Å². The number of amides is 2. The third-order valence-corrected chi connectivity index (χ3v) is 8.54. The monoisotopic (exact) mass is 617 g/mol. The van der Waals surface area contributed by atoms with E-state index in [4.69, 9.17) is 9.47 Å². The van der Waals surface area contributed by atoms with Crippen molar-refractivity contribution in [2.24, 2.45) is 0 Å². The lowest BCUT2D eigenvalue weighted by Gasteiger charge is -2.53. The lowest BCUT2D eigenvalue weighted by Crippen LogP contribution is -2.77. The number of benzene rings is 3. The number of esters is 2. The number of fused-ring (bicyclic) bond motifs is 1. The third kappa shape index (κ3) is 6.89. The van der Waals surface area contributed by atoms with E-state index in [2.05, 4.69) is 10.6 Å². The Hall–Kier alpha value is -4.35. The average molecular weight is 618 g/mol. The van der Waals surface area contributed by atoms with Gasteiger partial charge in [0.15, 0.2) is 12.1 Å². The maximum absolute atomic E-state index is 13.5. The topological polar surface area (TPSA) is 134 Å². The predicted octanol–water partition coefficient (Wildman–Crippen LogP) is 3.52. The molecule has 2 saturated heterocycles. The lowest BCUT2D eigenvalue weighted by atomic mass is 9.98. The minimum absolute atomic E-state index is 0.184. The summed E-state index contributed by atoms with van der Waals surface area (Å²) in [5.74, 6) is -2.02. The number of rotatable bonds is 9. The molecule has 11 heteroatoms. The van der Waals surface area contributed by atoms with Gasteiger partial charge in [-0.1, -0.05) is 72.8 Å². The number of thioether (sulfide) groups is 1. The van der Waals surface area contributed by atoms with Gasteiger partial charge in [-0.3, -0.25) is 9.59 Å². The van der Waals surface area contributed by atoms with Crippen molar-refractivity contribution in [2.75, 3.05) is 17.6 Å². The Labute approximate surface area is 260 Å². The Morgan fingerprint density at radius 2 is 1.55 bits per heavy atom. The highest BCUT2D eigenvalue weighted by Gasteiger charge is 2.58. The summed E-state index contributed by atoms with van der Waals surface area (Å²) in [5.41, 5.74) is 1.52. The van der Waals surface area contributed by atoms with E-state index in [1.807, 2.05) is 60.7 Å². The molecule has 2 amide bonds. The van der Waals surface area contributed by atoms with Crippen LogP contribution in [0.1, 0.15) is 48.4 Å². The molecule has 5 rings (SSSR count). The van der Waals surface area contributed by atoms with E-state index in [1.54, 1.807) is 45.0 Å². The summed E-state index contributed by atoms with van der Waals surface area (Å²) >= 11 is 1.28. The number of nitrogens with one attached hydrogen (secondary N) is 2. The Bertz CT molecular complexity index is 1470. The molecule has 230 valence electrons. The second-order valence-corrected chi connectivity index (χ2v) is 12.7. The van der Waals surface area contributed by atoms with Crippen molar-refractivity contribution in [1.29, 1.82) is 0 Å². The summed E-state index contributed by atoms with van der Waals surface area (Å²) in [6.07, 6.45) is -1.87. The van der Waals surface area contributed by atoms with Gasteiger partial charge in [0.25, 0.3) is 0 Å². The fraction of sp³-hybridized carbons (Fsp3) is 0.333. The molecule has 3 aromatic carbocycles. The van der Waals surface area contributed by atoms with Gasteiger partial charge in [0.1, 0.15) is 17.0 Å². The molecule has 2 aliphatic heterocycles. The van der Waals surface area contributed by atoms with Crippen molar-refractivity contribution in [3.05, 3.63) is 102 Å². The number of β-lactam (4-membered cyclic amide) rings is 1. The van der Waals surface area contributed by atoms with Gasteiger partial charge in [-0.25, -0.2) is 9.59 Å². The molecule has 0 bridgehead atoms. The summed E-state index contributed by atoms with van der Waals surface area (Å²) in [6.45, 7) is 5.10. The molecule has 0 aromatic heterocycles. The maximum atomic E-state index is 13.5. The molecule has 0 saturated carbocycles. The first-order chi connectivity index (χ1) is 21.0. The Morgan fingerprint density at radius 1 is 0.955 bits per heavy atom. The second kappa shape index (κ2) is 13.1. The molecular weight excluding hydrogens is 582 g/mol. The van der Waals surface area contributed by atoms with Gasteiger partial charge in [0, 0.05) is 11.4 Å². The average Bonchev–Trinajstić information content (AvgIpc) is 3.01. The van der Waals surface area contributed by atoms with E-state index >= 15 is 0 Å². The Morgan fingerprint density at radius 3 is 2.16 bits per heavy atom. The van der Waals surface area contributed by atoms with Gasteiger partial charge in [-0.2, -0.15) is 0 Å². The van der Waals surface area contributed by atoms with Crippen molar-refractivity contribution < 1.29 is 33.8 Å². The molecular formula is C33H35N3O7S. The number of aliphatic hydroxyl groups excluding tert-OH is 1. The molecule has 3 N–H and O–H groups in total. The largest absolute Gasteiger partial charge is 0.456 e. The van der Waals surface area contributed by atoms with E-state index in [0.29, 0.717) is 5.69 Å². The number of carbonyl (C=O) groups is 4. The summed E-state index contributed by atoms with van der Waals surface area (Å²) < 4.78 is 11.4. The van der Waals surface area contributed by atoms with Gasteiger partial charge in [0.2, 0.25) is 11.8 Å². The van der Waals surface area contributed by atoms with Crippen LogP contribution >= 0.6 is 11.8 Å². The first-order valence-electron chi connectivity index (χ1n) is 14.3. The van der Waals surface area contributed by atoms with Gasteiger partial charge >= 0.3 is 11.9 Å². The number of anilines is 1. The molecule has 44 heavy (non-hydrogen) atoms. The van der Waals surface area contributed by atoms with E-state index in [0.717, 1.165) is 11.1 Å². The van der Waals surface area contributed by atoms with Gasteiger partial charge < -0.3 is 30.1 Å². The van der Waals surface area contributed by atoms with Crippen molar-refractivity contribution in [1.82, 2.24) is 10.2 Å². The fourth-order valence-corrected chi connectivity index (χ4v) is 6.50.